The minimum Gasteiger partial charge on any atom is -0.444 e. The van der Waals surface area contributed by atoms with Crippen LogP contribution in [0.25, 0.3) is 10.1 Å². The Balaban J connectivity index is 1.67. The molecule has 0 spiro atoms. The Labute approximate surface area is 125 Å². The van der Waals surface area contributed by atoms with Crippen molar-refractivity contribution in [3.63, 3.8) is 0 Å². The molecule has 1 aliphatic heterocycles. The van der Waals surface area contributed by atoms with Crippen molar-refractivity contribution >= 4 is 39.1 Å². The maximum absolute atomic E-state index is 11.9. The fourth-order valence-electron chi connectivity index (χ4n) is 2.14. The lowest BCUT2D eigenvalue weighted by Gasteiger charge is -2.25. The average Bonchev–Trinajstić information content (AvgIpc) is 2.88. The number of fused-ring (bicyclic) bond motifs is 1. The van der Waals surface area contributed by atoms with Gasteiger partial charge in [-0.25, -0.2) is 4.79 Å². The van der Waals surface area contributed by atoms with Crippen molar-refractivity contribution in [3.8, 4) is 0 Å². The quantitative estimate of drug-likeness (QED) is 0.851. The summed E-state index contributed by atoms with van der Waals surface area (Å²) in [5.74, 6) is 0. The molecule has 1 amide bonds. The summed E-state index contributed by atoms with van der Waals surface area (Å²) in [4.78, 5) is 13.6. The van der Waals surface area contributed by atoms with Crippen LogP contribution in [0.3, 0.4) is 0 Å². The molecule has 2 heterocycles. The van der Waals surface area contributed by atoms with Crippen LogP contribution in [0.1, 0.15) is 5.56 Å². The highest BCUT2D eigenvalue weighted by atomic mass is 35.5. The summed E-state index contributed by atoms with van der Waals surface area (Å²) in [5, 5.41) is 3.75. The van der Waals surface area contributed by atoms with Crippen LogP contribution in [0.5, 0.6) is 0 Å². The molecule has 20 heavy (non-hydrogen) atoms. The van der Waals surface area contributed by atoms with E-state index in [0.717, 1.165) is 15.6 Å². The largest absolute Gasteiger partial charge is 0.444 e. The van der Waals surface area contributed by atoms with E-state index in [-0.39, 0.29) is 12.7 Å². The van der Waals surface area contributed by atoms with Crippen molar-refractivity contribution in [3.05, 3.63) is 34.2 Å². The van der Waals surface area contributed by atoms with Crippen LogP contribution in [0, 0.1) is 0 Å². The number of ether oxygens (including phenoxy) is 2. The Morgan fingerprint density at radius 2 is 2.20 bits per heavy atom. The van der Waals surface area contributed by atoms with Crippen molar-refractivity contribution in [2.24, 2.45) is 0 Å². The maximum Gasteiger partial charge on any atom is 0.410 e. The molecule has 4 nitrogen and oxygen atoms in total. The Morgan fingerprint density at radius 3 is 3.00 bits per heavy atom. The highest BCUT2D eigenvalue weighted by Gasteiger charge is 2.18. The van der Waals surface area contributed by atoms with Crippen LogP contribution in [0.15, 0.2) is 23.6 Å². The molecule has 3 rings (SSSR count). The third kappa shape index (κ3) is 2.90. The number of rotatable bonds is 2. The highest BCUT2D eigenvalue weighted by Crippen LogP contribution is 2.29. The number of hydrogen-bond donors (Lipinski definition) is 0. The average molecular weight is 312 g/mol. The SMILES string of the molecule is O=C(OCc1csc2ccc(Cl)cc12)N1CCOCC1. The van der Waals surface area contributed by atoms with Crippen LogP contribution in [0.4, 0.5) is 4.79 Å². The van der Waals surface area contributed by atoms with Gasteiger partial charge in [0.25, 0.3) is 0 Å². The molecule has 0 bridgehead atoms. The lowest BCUT2D eigenvalue weighted by Crippen LogP contribution is -2.40. The highest BCUT2D eigenvalue weighted by molar-refractivity contribution is 7.17. The van der Waals surface area contributed by atoms with Gasteiger partial charge in [0.1, 0.15) is 6.61 Å². The van der Waals surface area contributed by atoms with Crippen LogP contribution in [0.2, 0.25) is 5.02 Å². The smallest absolute Gasteiger partial charge is 0.410 e. The molecule has 1 aromatic carbocycles. The molecular weight excluding hydrogens is 298 g/mol. The second kappa shape index (κ2) is 5.99. The number of morpholine rings is 1. The predicted molar refractivity (Wildman–Crippen MR) is 79.4 cm³/mol. The third-order valence-electron chi connectivity index (χ3n) is 3.24. The molecule has 0 N–H and O–H groups in total. The van der Waals surface area contributed by atoms with Crippen LogP contribution in [-0.4, -0.2) is 37.3 Å². The molecular formula is C14H14ClNO3S. The lowest BCUT2D eigenvalue weighted by atomic mass is 10.2. The second-order valence-electron chi connectivity index (χ2n) is 4.56. The Morgan fingerprint density at radius 1 is 1.40 bits per heavy atom. The minimum absolute atomic E-state index is 0.274. The number of halogens is 1. The van der Waals surface area contributed by atoms with E-state index < -0.39 is 0 Å². The number of benzene rings is 1. The van der Waals surface area contributed by atoms with E-state index in [1.807, 2.05) is 23.6 Å². The number of carbonyl (C=O) groups is 1. The first kappa shape index (κ1) is 13.7. The number of amides is 1. The number of carbonyl (C=O) groups excluding carboxylic acids is 1. The minimum atomic E-state index is -0.283. The molecule has 1 aromatic heterocycles. The second-order valence-corrected chi connectivity index (χ2v) is 5.90. The van der Waals surface area contributed by atoms with Gasteiger partial charge in [0.2, 0.25) is 0 Å². The van der Waals surface area contributed by atoms with Gasteiger partial charge in [-0.2, -0.15) is 0 Å². The van der Waals surface area contributed by atoms with Crippen molar-refractivity contribution in [1.82, 2.24) is 4.90 Å². The summed E-state index contributed by atoms with van der Waals surface area (Å²) in [5.41, 5.74) is 0.995. The Kier molecular flexibility index (Phi) is 4.10. The summed E-state index contributed by atoms with van der Waals surface area (Å²) >= 11 is 7.63. The number of nitrogens with zero attached hydrogens (tertiary/aromatic N) is 1. The van der Waals surface area contributed by atoms with Gasteiger partial charge in [-0.1, -0.05) is 11.6 Å². The third-order valence-corrected chi connectivity index (χ3v) is 4.48. The summed E-state index contributed by atoms with van der Waals surface area (Å²) in [6.07, 6.45) is -0.283. The molecule has 0 saturated carbocycles. The number of thiophene rings is 1. The molecule has 1 saturated heterocycles. The van der Waals surface area contributed by atoms with Crippen LogP contribution >= 0.6 is 22.9 Å². The fourth-order valence-corrected chi connectivity index (χ4v) is 3.24. The molecule has 0 radical (unpaired) electrons. The van der Waals surface area contributed by atoms with Gasteiger partial charge in [0, 0.05) is 33.8 Å². The molecule has 1 aliphatic rings. The van der Waals surface area contributed by atoms with Crippen molar-refractivity contribution in [2.45, 2.75) is 6.61 Å². The van der Waals surface area contributed by atoms with Gasteiger partial charge < -0.3 is 14.4 Å². The summed E-state index contributed by atoms with van der Waals surface area (Å²) in [7, 11) is 0. The number of hydrogen-bond acceptors (Lipinski definition) is 4. The first-order valence-corrected chi connectivity index (χ1v) is 7.65. The monoisotopic (exact) mass is 311 g/mol. The van der Waals surface area contributed by atoms with Gasteiger partial charge >= 0.3 is 6.09 Å². The summed E-state index contributed by atoms with van der Waals surface area (Å²) in [6, 6.07) is 5.75. The normalized spacial score (nSPS) is 15.6. The van der Waals surface area contributed by atoms with Gasteiger partial charge in [0.05, 0.1) is 13.2 Å². The fraction of sp³-hybridized carbons (Fsp3) is 0.357. The zero-order valence-electron chi connectivity index (χ0n) is 10.8. The van der Waals surface area contributed by atoms with E-state index in [1.165, 1.54) is 0 Å². The molecule has 2 aromatic rings. The van der Waals surface area contributed by atoms with E-state index in [4.69, 9.17) is 21.1 Å². The van der Waals surface area contributed by atoms with Gasteiger partial charge in [-0.3, -0.25) is 0 Å². The summed E-state index contributed by atoms with van der Waals surface area (Å²) in [6.45, 7) is 2.61. The molecule has 1 fully saturated rings. The van der Waals surface area contributed by atoms with Crippen molar-refractivity contribution < 1.29 is 14.3 Å². The molecule has 0 aliphatic carbocycles. The van der Waals surface area contributed by atoms with Gasteiger partial charge in [-0.05, 0) is 23.6 Å². The van der Waals surface area contributed by atoms with E-state index in [9.17, 15) is 4.79 Å². The molecule has 106 valence electrons. The van der Waals surface area contributed by atoms with E-state index in [1.54, 1.807) is 16.2 Å². The zero-order valence-corrected chi connectivity index (χ0v) is 12.4. The standard InChI is InChI=1S/C14H14ClNO3S/c15-11-1-2-13-12(7-11)10(9-20-13)8-19-14(17)16-3-5-18-6-4-16/h1-2,7,9H,3-6,8H2. The molecule has 6 heteroatoms. The maximum atomic E-state index is 11.9. The van der Waals surface area contributed by atoms with E-state index in [2.05, 4.69) is 0 Å². The zero-order chi connectivity index (χ0) is 13.9. The van der Waals surface area contributed by atoms with Gasteiger partial charge in [0.15, 0.2) is 0 Å². The van der Waals surface area contributed by atoms with Crippen LogP contribution in [-0.2, 0) is 16.1 Å². The predicted octanol–water partition coefficient (Wildman–Crippen LogP) is 3.52. The van der Waals surface area contributed by atoms with Crippen molar-refractivity contribution in [2.75, 3.05) is 26.3 Å². The Hall–Kier alpha value is -1.30. The van der Waals surface area contributed by atoms with E-state index in [0.29, 0.717) is 31.3 Å². The van der Waals surface area contributed by atoms with Gasteiger partial charge in [-0.15, -0.1) is 11.3 Å². The summed E-state index contributed by atoms with van der Waals surface area (Å²) < 4.78 is 11.7. The lowest BCUT2D eigenvalue weighted by molar-refractivity contribution is 0.0251. The first-order chi connectivity index (χ1) is 9.74. The first-order valence-electron chi connectivity index (χ1n) is 6.39. The Bertz CT molecular complexity index is 622. The molecule has 0 unspecified atom stereocenters. The molecule has 0 atom stereocenters. The van der Waals surface area contributed by atoms with Crippen LogP contribution < -0.4 is 0 Å². The van der Waals surface area contributed by atoms with Crippen molar-refractivity contribution in [1.29, 1.82) is 0 Å². The van der Waals surface area contributed by atoms with E-state index >= 15 is 0 Å². The topological polar surface area (TPSA) is 38.8 Å².